The van der Waals surface area contributed by atoms with E-state index in [-0.39, 0.29) is 60.1 Å². The fraction of sp³-hybridized carbons (Fsp3) is 0.818. The highest BCUT2D eigenvalue weighted by molar-refractivity contribution is 14.1. The number of halogens is 1. The molecule has 0 saturated carbocycles. The van der Waals surface area contributed by atoms with E-state index in [1.165, 1.54) is 0 Å². The second-order valence-electron chi connectivity index (χ2n) is 12.6. The molecule has 0 aromatic carbocycles. The minimum absolute atomic E-state index is 0.0300. The smallest absolute Gasteiger partial charge is 0.306 e. The van der Waals surface area contributed by atoms with Crippen LogP contribution in [0.25, 0.3) is 0 Å². The molecule has 1 fully saturated rings. The number of likely N-dealkylation sites (N-methyl/N-ethyl adjacent to an activating group) is 1. The van der Waals surface area contributed by atoms with E-state index in [0.717, 1.165) is 10.0 Å². The molecular formula is C33H56INO8. The Hall–Kier alpha value is -0.890. The molecule has 0 aliphatic carbocycles. The normalized spacial score (nSPS) is 37.7. The van der Waals surface area contributed by atoms with E-state index in [1.54, 1.807) is 20.3 Å². The second kappa shape index (κ2) is 18.9. The lowest BCUT2D eigenvalue weighted by atomic mass is 9.80. The van der Waals surface area contributed by atoms with E-state index in [9.17, 15) is 14.7 Å². The number of ketones is 1. The summed E-state index contributed by atoms with van der Waals surface area (Å²) >= 11 is 2.32. The molecule has 0 amide bonds. The number of rotatable bonds is 9. The number of alkyl halides is 1. The first-order valence-corrected chi connectivity index (χ1v) is 17.2. The van der Waals surface area contributed by atoms with E-state index in [0.29, 0.717) is 32.1 Å². The maximum Gasteiger partial charge on any atom is 0.306 e. The van der Waals surface area contributed by atoms with Crippen molar-refractivity contribution in [2.24, 2.45) is 23.7 Å². The zero-order valence-corrected chi connectivity index (χ0v) is 29.8. The molecule has 0 aromatic heterocycles. The lowest BCUT2D eigenvalue weighted by Crippen LogP contribution is -2.56. The number of esters is 1. The Morgan fingerprint density at radius 3 is 2.37 bits per heavy atom. The predicted octanol–water partition coefficient (Wildman–Crippen LogP) is 5.32. The summed E-state index contributed by atoms with van der Waals surface area (Å²) in [6, 6.07) is -0.131. The van der Waals surface area contributed by atoms with Gasteiger partial charge >= 0.3 is 5.97 Å². The van der Waals surface area contributed by atoms with Crippen LogP contribution in [0.1, 0.15) is 73.1 Å². The Labute approximate surface area is 273 Å². The Bertz CT molecular complexity index is 923. The van der Waals surface area contributed by atoms with Gasteiger partial charge in [-0.15, -0.1) is 0 Å². The van der Waals surface area contributed by atoms with Crippen LogP contribution in [0.2, 0.25) is 0 Å². The van der Waals surface area contributed by atoms with Gasteiger partial charge in [-0.05, 0) is 71.5 Å². The number of hydrogen-bond acceptors (Lipinski definition) is 9. The summed E-state index contributed by atoms with van der Waals surface area (Å²) in [5, 5.41) is 11.3. The molecule has 1 N–H and O–H groups in total. The van der Waals surface area contributed by atoms with Crippen molar-refractivity contribution in [2.75, 3.05) is 32.7 Å². The SMILES string of the molecule is CC[C@H]1OC(=O)CC[C@H](C)[C@@H](OC2OC(C)CC(N(C)C)C2O)C(CC(OC)OC)C[C@@H](C)C(=O)/C=C/C(C)=C/C1CI. The lowest BCUT2D eigenvalue weighted by Gasteiger charge is -2.44. The van der Waals surface area contributed by atoms with Gasteiger partial charge in [-0.1, -0.05) is 61.1 Å². The summed E-state index contributed by atoms with van der Waals surface area (Å²) in [6.07, 6.45) is 5.67. The Morgan fingerprint density at radius 1 is 1.12 bits per heavy atom. The van der Waals surface area contributed by atoms with Gasteiger partial charge in [-0.2, -0.15) is 0 Å². The summed E-state index contributed by atoms with van der Waals surface area (Å²) in [6.45, 7) is 9.97. The molecule has 0 spiro atoms. The minimum Gasteiger partial charge on any atom is -0.462 e. The third kappa shape index (κ3) is 11.8. The van der Waals surface area contributed by atoms with Crippen molar-refractivity contribution in [1.82, 2.24) is 4.90 Å². The average Bonchev–Trinajstić information content (AvgIpc) is 2.97. The molecular weight excluding hydrogens is 665 g/mol. The van der Waals surface area contributed by atoms with Crippen molar-refractivity contribution in [2.45, 2.75) is 116 Å². The van der Waals surface area contributed by atoms with E-state index >= 15 is 0 Å². The highest BCUT2D eigenvalue weighted by Gasteiger charge is 2.42. The molecule has 0 aromatic rings. The van der Waals surface area contributed by atoms with Gasteiger partial charge in [0.1, 0.15) is 12.2 Å². The summed E-state index contributed by atoms with van der Waals surface area (Å²) in [5.41, 5.74) is 0.960. The number of ether oxygens (including phenoxy) is 5. The molecule has 1 saturated heterocycles. The molecule has 0 radical (unpaired) electrons. The van der Waals surface area contributed by atoms with Crippen molar-refractivity contribution in [3.8, 4) is 0 Å². The van der Waals surface area contributed by atoms with E-state index in [1.807, 2.05) is 59.7 Å². The Kier molecular flexibility index (Phi) is 16.9. The molecule has 10 heteroatoms. The first kappa shape index (κ1) is 38.3. The maximum absolute atomic E-state index is 13.4. The number of methoxy groups -OCH3 is 2. The van der Waals surface area contributed by atoms with E-state index in [2.05, 4.69) is 28.7 Å². The summed E-state index contributed by atoms with van der Waals surface area (Å²) in [5.74, 6) is -0.759. The van der Waals surface area contributed by atoms with Gasteiger partial charge in [-0.25, -0.2) is 0 Å². The van der Waals surface area contributed by atoms with Crippen LogP contribution in [0.5, 0.6) is 0 Å². The zero-order valence-electron chi connectivity index (χ0n) is 27.7. The monoisotopic (exact) mass is 721 g/mol. The number of aliphatic hydroxyl groups excluding tert-OH is 1. The summed E-state index contributed by atoms with van der Waals surface area (Å²) in [4.78, 5) is 28.5. The fourth-order valence-corrected chi connectivity index (χ4v) is 7.04. The van der Waals surface area contributed by atoms with E-state index < -0.39 is 24.8 Å². The third-order valence-electron chi connectivity index (χ3n) is 8.89. The molecule has 6 unspecified atom stereocenters. The van der Waals surface area contributed by atoms with Crippen LogP contribution in [-0.2, 0) is 33.3 Å². The van der Waals surface area contributed by atoms with Gasteiger partial charge in [0.05, 0.1) is 12.2 Å². The van der Waals surface area contributed by atoms with Crippen molar-refractivity contribution in [3.63, 3.8) is 0 Å². The minimum atomic E-state index is -0.864. The predicted molar refractivity (Wildman–Crippen MR) is 176 cm³/mol. The van der Waals surface area contributed by atoms with Crippen LogP contribution in [0, 0.1) is 23.7 Å². The van der Waals surface area contributed by atoms with Gasteiger partial charge in [0, 0.05) is 49.4 Å². The third-order valence-corrected chi connectivity index (χ3v) is 9.91. The zero-order chi connectivity index (χ0) is 32.3. The molecule has 43 heavy (non-hydrogen) atoms. The molecule has 2 aliphatic heterocycles. The Balaban J connectivity index is 2.52. The Morgan fingerprint density at radius 2 is 1.79 bits per heavy atom. The molecule has 248 valence electrons. The second-order valence-corrected chi connectivity index (χ2v) is 13.5. The number of carbonyl (C=O) groups excluding carboxylic acids is 2. The van der Waals surface area contributed by atoms with Crippen LogP contribution >= 0.6 is 22.6 Å². The highest BCUT2D eigenvalue weighted by Crippen LogP contribution is 2.35. The van der Waals surface area contributed by atoms with Crippen molar-refractivity contribution >= 4 is 34.3 Å². The van der Waals surface area contributed by atoms with Gasteiger partial charge in [-0.3, -0.25) is 9.59 Å². The van der Waals surface area contributed by atoms with Crippen molar-refractivity contribution in [1.29, 1.82) is 0 Å². The van der Waals surface area contributed by atoms with E-state index in [4.69, 9.17) is 23.7 Å². The largest absolute Gasteiger partial charge is 0.462 e. The lowest BCUT2D eigenvalue weighted by molar-refractivity contribution is -0.282. The topological polar surface area (TPSA) is 104 Å². The van der Waals surface area contributed by atoms with Crippen LogP contribution in [0.3, 0.4) is 0 Å². The van der Waals surface area contributed by atoms with Gasteiger partial charge in [0.15, 0.2) is 18.4 Å². The number of cyclic esters (lactones) is 1. The average molecular weight is 722 g/mol. The number of nitrogens with zero attached hydrogens (tertiary/aromatic N) is 1. The first-order valence-electron chi connectivity index (χ1n) is 15.7. The van der Waals surface area contributed by atoms with Gasteiger partial charge in [0.2, 0.25) is 0 Å². The van der Waals surface area contributed by atoms with Gasteiger partial charge < -0.3 is 33.7 Å². The standard InChI is InChI=1S/C33H56INO8/c1-10-28-25(19-34)15-20(2)11-13-27(36)22(4)16-24(18-30(39-8)40-9)32(21(3)12-14-29(37)42-28)43-33-31(38)26(35(6)7)17-23(5)41-33/h11,13,15,21-26,28,30-33,38H,10,12,14,16-19H2,1-9H3/b13-11+,20-15+/t21-,22+,23?,24?,25?,26?,28+,31?,32+,33?/m0/s1. The highest BCUT2D eigenvalue weighted by atomic mass is 127. The van der Waals surface area contributed by atoms with Crippen LogP contribution in [0.15, 0.2) is 23.8 Å². The number of carbonyl (C=O) groups is 2. The quantitative estimate of drug-likeness (QED) is 0.147. The molecule has 2 heterocycles. The molecule has 2 aliphatic rings. The van der Waals surface area contributed by atoms with Crippen molar-refractivity contribution in [3.05, 3.63) is 23.8 Å². The maximum atomic E-state index is 13.4. The van der Waals surface area contributed by atoms with Gasteiger partial charge in [0.25, 0.3) is 0 Å². The van der Waals surface area contributed by atoms with Crippen LogP contribution in [-0.4, -0.2) is 97.5 Å². The first-order chi connectivity index (χ1) is 20.3. The summed E-state index contributed by atoms with van der Waals surface area (Å²) < 4.78 is 30.9. The number of aliphatic hydroxyl groups is 1. The molecule has 9 nitrogen and oxygen atoms in total. The summed E-state index contributed by atoms with van der Waals surface area (Å²) in [7, 11) is 7.07. The number of allylic oxidation sites excluding steroid dienone is 3. The molecule has 2 rings (SSSR count). The fourth-order valence-electron chi connectivity index (χ4n) is 6.22. The molecule has 0 bridgehead atoms. The van der Waals surface area contributed by atoms with Crippen LogP contribution < -0.4 is 0 Å². The number of hydrogen-bond donors (Lipinski definition) is 1. The van der Waals surface area contributed by atoms with Crippen LogP contribution in [0.4, 0.5) is 0 Å². The van der Waals surface area contributed by atoms with Crippen molar-refractivity contribution < 1.29 is 38.4 Å². The molecule has 10 atom stereocenters.